The van der Waals surface area contributed by atoms with Gasteiger partial charge >= 0.3 is 0 Å². The van der Waals surface area contributed by atoms with Crippen molar-refractivity contribution in [3.8, 4) is 11.5 Å². The number of rotatable bonds is 6. The second-order valence-electron chi connectivity index (χ2n) is 5.07. The van der Waals surface area contributed by atoms with Crippen LogP contribution in [-0.4, -0.2) is 43.3 Å². The molecule has 1 aliphatic rings. The number of phenols is 1. The van der Waals surface area contributed by atoms with E-state index in [0.717, 1.165) is 44.6 Å². The van der Waals surface area contributed by atoms with Gasteiger partial charge in [0.05, 0.1) is 7.11 Å². The molecule has 110 valence electrons. The van der Waals surface area contributed by atoms with Gasteiger partial charge in [-0.1, -0.05) is 18.2 Å². The maximum absolute atomic E-state index is 10.4. The lowest BCUT2D eigenvalue weighted by Gasteiger charge is -2.35. The largest absolute Gasteiger partial charge is 0.504 e. The lowest BCUT2D eigenvalue weighted by atomic mass is 9.98. The Morgan fingerprint density at radius 2 is 2.20 bits per heavy atom. The first-order valence-corrected chi connectivity index (χ1v) is 7.19. The van der Waals surface area contributed by atoms with Crippen LogP contribution in [0, 0.1) is 0 Å². The zero-order valence-corrected chi connectivity index (χ0v) is 12.1. The van der Waals surface area contributed by atoms with Gasteiger partial charge < -0.3 is 15.2 Å². The summed E-state index contributed by atoms with van der Waals surface area (Å²) >= 11 is 0. The predicted octanol–water partition coefficient (Wildman–Crippen LogP) is 2.31. The highest BCUT2D eigenvalue weighted by molar-refractivity contribution is 5.47. The molecule has 1 saturated heterocycles. The van der Waals surface area contributed by atoms with Crippen LogP contribution in [0.5, 0.6) is 11.5 Å². The molecule has 1 heterocycles. The Morgan fingerprint density at radius 1 is 1.45 bits per heavy atom. The number of nitrogens with one attached hydrogen (secondary N) is 1. The fourth-order valence-electron chi connectivity index (χ4n) is 2.78. The number of ether oxygens (including phenoxy) is 1. The molecule has 0 spiro atoms. The standard InChI is InChI=1S/C16H24N2O2/c1-3-4-7-14(18-11-9-17-10-12-18)13-6-5-8-15(20-2)16(13)19/h3,5-6,8,14,17,19H,1,4,7,9-12H2,2H3/t14-/m0/s1. The molecular formula is C16H24N2O2. The zero-order chi connectivity index (χ0) is 14.4. The van der Waals surface area contributed by atoms with Crippen molar-refractivity contribution in [2.75, 3.05) is 33.3 Å². The lowest BCUT2D eigenvalue weighted by molar-refractivity contribution is 0.163. The molecule has 2 N–H and O–H groups in total. The van der Waals surface area contributed by atoms with Gasteiger partial charge in [0.15, 0.2) is 11.5 Å². The maximum Gasteiger partial charge on any atom is 0.162 e. The summed E-state index contributed by atoms with van der Waals surface area (Å²) in [6.07, 6.45) is 3.84. The number of para-hydroxylation sites is 1. The number of methoxy groups -OCH3 is 1. The average molecular weight is 276 g/mol. The molecule has 0 bridgehead atoms. The third kappa shape index (κ3) is 3.32. The molecule has 1 aliphatic heterocycles. The van der Waals surface area contributed by atoms with Crippen molar-refractivity contribution in [3.05, 3.63) is 36.4 Å². The van der Waals surface area contributed by atoms with Crippen molar-refractivity contribution in [1.82, 2.24) is 10.2 Å². The third-order valence-corrected chi connectivity index (χ3v) is 3.85. The van der Waals surface area contributed by atoms with Crippen molar-refractivity contribution in [1.29, 1.82) is 0 Å². The molecule has 1 fully saturated rings. The van der Waals surface area contributed by atoms with Crippen LogP contribution >= 0.6 is 0 Å². The smallest absolute Gasteiger partial charge is 0.162 e. The van der Waals surface area contributed by atoms with Crippen LogP contribution in [0.3, 0.4) is 0 Å². The number of hydrogen-bond donors (Lipinski definition) is 2. The van der Waals surface area contributed by atoms with E-state index >= 15 is 0 Å². The number of benzene rings is 1. The Bertz CT molecular complexity index is 442. The van der Waals surface area contributed by atoms with Crippen LogP contribution in [0.4, 0.5) is 0 Å². The number of nitrogens with zero attached hydrogens (tertiary/aromatic N) is 1. The van der Waals surface area contributed by atoms with Crippen LogP contribution in [0.15, 0.2) is 30.9 Å². The van der Waals surface area contributed by atoms with E-state index in [1.54, 1.807) is 13.2 Å². The summed E-state index contributed by atoms with van der Waals surface area (Å²) in [5, 5.41) is 13.8. The van der Waals surface area contributed by atoms with Gasteiger partial charge in [-0.2, -0.15) is 0 Å². The topological polar surface area (TPSA) is 44.7 Å². The maximum atomic E-state index is 10.4. The van der Waals surface area contributed by atoms with Crippen molar-refractivity contribution in [2.24, 2.45) is 0 Å². The second kappa shape index (κ2) is 7.31. The normalized spacial score (nSPS) is 17.6. The molecule has 0 saturated carbocycles. The molecular weight excluding hydrogens is 252 g/mol. The van der Waals surface area contributed by atoms with E-state index < -0.39 is 0 Å². The first kappa shape index (κ1) is 14.9. The summed E-state index contributed by atoms with van der Waals surface area (Å²) in [5.74, 6) is 0.809. The molecule has 1 aromatic carbocycles. The van der Waals surface area contributed by atoms with Crippen LogP contribution in [-0.2, 0) is 0 Å². The highest BCUT2D eigenvalue weighted by Gasteiger charge is 2.24. The van der Waals surface area contributed by atoms with Gasteiger partial charge in [0.1, 0.15) is 0 Å². The van der Waals surface area contributed by atoms with E-state index in [-0.39, 0.29) is 11.8 Å². The highest BCUT2D eigenvalue weighted by Crippen LogP contribution is 2.38. The summed E-state index contributed by atoms with van der Waals surface area (Å²) in [5.41, 5.74) is 0.952. The van der Waals surface area contributed by atoms with Crippen LogP contribution in [0.25, 0.3) is 0 Å². The summed E-state index contributed by atoms with van der Waals surface area (Å²) in [4.78, 5) is 2.43. The highest BCUT2D eigenvalue weighted by atomic mass is 16.5. The van der Waals surface area contributed by atoms with Gasteiger partial charge in [0.25, 0.3) is 0 Å². The van der Waals surface area contributed by atoms with Crippen molar-refractivity contribution in [2.45, 2.75) is 18.9 Å². The van der Waals surface area contributed by atoms with Gasteiger partial charge in [-0.25, -0.2) is 0 Å². The molecule has 2 rings (SSSR count). The molecule has 0 unspecified atom stereocenters. The molecule has 0 radical (unpaired) electrons. The molecule has 1 atom stereocenters. The van der Waals surface area contributed by atoms with E-state index in [1.165, 1.54) is 0 Å². The predicted molar refractivity (Wildman–Crippen MR) is 81.3 cm³/mol. The van der Waals surface area contributed by atoms with Gasteiger partial charge in [0, 0.05) is 37.8 Å². The summed E-state index contributed by atoms with van der Waals surface area (Å²) in [7, 11) is 1.59. The quantitative estimate of drug-likeness (QED) is 0.783. The zero-order valence-electron chi connectivity index (χ0n) is 12.1. The summed E-state index contributed by atoms with van der Waals surface area (Å²) in [6.45, 7) is 7.80. The van der Waals surface area contributed by atoms with Crippen molar-refractivity contribution in [3.63, 3.8) is 0 Å². The number of aromatic hydroxyl groups is 1. The number of phenolic OH excluding ortho intramolecular Hbond substituents is 1. The van der Waals surface area contributed by atoms with E-state index in [1.807, 2.05) is 18.2 Å². The Labute approximate surface area is 121 Å². The Morgan fingerprint density at radius 3 is 2.85 bits per heavy atom. The van der Waals surface area contributed by atoms with Crippen molar-refractivity contribution < 1.29 is 9.84 Å². The summed E-state index contributed by atoms with van der Waals surface area (Å²) < 4.78 is 5.23. The molecule has 4 nitrogen and oxygen atoms in total. The lowest BCUT2D eigenvalue weighted by Crippen LogP contribution is -2.45. The van der Waals surface area contributed by atoms with E-state index in [4.69, 9.17) is 4.74 Å². The first-order chi connectivity index (χ1) is 9.77. The Kier molecular flexibility index (Phi) is 5.44. The van der Waals surface area contributed by atoms with Gasteiger partial charge in [-0.15, -0.1) is 6.58 Å². The third-order valence-electron chi connectivity index (χ3n) is 3.85. The van der Waals surface area contributed by atoms with E-state index in [9.17, 15) is 5.11 Å². The average Bonchev–Trinajstić information content (AvgIpc) is 2.50. The molecule has 0 amide bonds. The van der Waals surface area contributed by atoms with Crippen LogP contribution in [0.2, 0.25) is 0 Å². The fourth-order valence-corrected chi connectivity index (χ4v) is 2.78. The van der Waals surface area contributed by atoms with Crippen LogP contribution < -0.4 is 10.1 Å². The Balaban J connectivity index is 2.27. The SMILES string of the molecule is C=CCC[C@@H](c1cccc(OC)c1O)N1CCNCC1. The Hall–Kier alpha value is -1.52. The van der Waals surface area contributed by atoms with Gasteiger partial charge in [-0.05, 0) is 18.9 Å². The minimum absolute atomic E-state index is 0.213. The van der Waals surface area contributed by atoms with Crippen molar-refractivity contribution >= 4 is 0 Å². The number of allylic oxidation sites excluding steroid dienone is 1. The minimum Gasteiger partial charge on any atom is -0.504 e. The molecule has 1 aromatic rings. The first-order valence-electron chi connectivity index (χ1n) is 7.19. The fraction of sp³-hybridized carbons (Fsp3) is 0.500. The minimum atomic E-state index is 0.213. The van der Waals surface area contributed by atoms with Gasteiger partial charge in [-0.3, -0.25) is 4.90 Å². The van der Waals surface area contributed by atoms with E-state index in [0.29, 0.717) is 5.75 Å². The van der Waals surface area contributed by atoms with Gasteiger partial charge in [0.2, 0.25) is 0 Å². The molecule has 4 heteroatoms. The second-order valence-corrected chi connectivity index (χ2v) is 5.07. The van der Waals surface area contributed by atoms with Crippen LogP contribution in [0.1, 0.15) is 24.4 Å². The van der Waals surface area contributed by atoms with E-state index in [2.05, 4.69) is 16.8 Å². The summed E-state index contributed by atoms with van der Waals surface area (Å²) in [6, 6.07) is 5.94. The molecule has 0 aliphatic carbocycles. The monoisotopic (exact) mass is 276 g/mol. The molecule has 20 heavy (non-hydrogen) atoms. The molecule has 0 aromatic heterocycles. The number of piperazine rings is 1. The number of hydrogen-bond acceptors (Lipinski definition) is 4.